The molecule has 0 radical (unpaired) electrons. The van der Waals surface area contributed by atoms with E-state index < -0.39 is 24.2 Å². The summed E-state index contributed by atoms with van der Waals surface area (Å²) in [5.41, 5.74) is 0. The van der Waals surface area contributed by atoms with Gasteiger partial charge < -0.3 is 20.6 Å². The number of unbranched alkanes of at least 4 members (excludes halogenated alkanes) is 33. The van der Waals surface area contributed by atoms with Gasteiger partial charge in [0.1, 0.15) is 6.10 Å². The lowest BCUT2D eigenvalue weighted by molar-refractivity contribution is -0.131. The Bertz CT molecular complexity index is 784. The lowest BCUT2D eigenvalue weighted by Crippen LogP contribution is -2.48. The molecule has 0 spiro atoms. The molecule has 1 amide bonds. The summed E-state index contributed by atoms with van der Waals surface area (Å²) in [6, 6.07) is -0.794. The molecular weight excluding hydrogens is 655 g/mol. The van der Waals surface area contributed by atoms with Gasteiger partial charge in [-0.05, 0) is 44.9 Å². The summed E-state index contributed by atoms with van der Waals surface area (Å²) in [5.74, 6) is -0.503. The van der Waals surface area contributed by atoms with Gasteiger partial charge in [-0.3, -0.25) is 4.79 Å². The average Bonchev–Trinajstić information content (AvgIpc) is 3.16. The van der Waals surface area contributed by atoms with Crippen LogP contribution < -0.4 is 5.32 Å². The second-order valence-corrected chi connectivity index (χ2v) is 16.3. The average molecular weight is 748 g/mol. The van der Waals surface area contributed by atoms with Gasteiger partial charge in [-0.1, -0.05) is 231 Å². The molecule has 0 aliphatic heterocycles. The molecule has 0 heterocycles. The third kappa shape index (κ3) is 38.9. The van der Waals surface area contributed by atoms with Gasteiger partial charge in [-0.25, -0.2) is 0 Å². The predicted octanol–water partition coefficient (Wildman–Crippen LogP) is 13.8. The van der Waals surface area contributed by atoms with Crippen molar-refractivity contribution in [2.75, 3.05) is 6.61 Å². The second-order valence-electron chi connectivity index (χ2n) is 16.3. The molecule has 53 heavy (non-hydrogen) atoms. The maximum Gasteiger partial charge on any atom is 0.249 e. The molecule has 3 unspecified atom stereocenters. The molecular formula is C48H93NO4. The molecule has 0 aromatic rings. The Morgan fingerprint density at radius 3 is 1.09 bits per heavy atom. The largest absolute Gasteiger partial charge is 0.394 e. The van der Waals surface area contributed by atoms with Crippen molar-refractivity contribution in [3.63, 3.8) is 0 Å². The molecule has 314 valence electrons. The zero-order valence-corrected chi connectivity index (χ0v) is 35.7. The number of aliphatic hydroxyl groups is 3. The van der Waals surface area contributed by atoms with Gasteiger partial charge in [0, 0.05) is 0 Å². The topological polar surface area (TPSA) is 89.8 Å². The summed E-state index contributed by atoms with van der Waals surface area (Å²) in [7, 11) is 0. The predicted molar refractivity (Wildman–Crippen MR) is 231 cm³/mol. The fraction of sp³-hybridized carbons (Fsp3) is 0.896. The van der Waals surface area contributed by atoms with Crippen molar-refractivity contribution >= 4 is 5.91 Å². The fourth-order valence-electron chi connectivity index (χ4n) is 7.30. The standard InChI is InChI=1S/C48H93NO4/c1-3-5-7-9-11-13-15-16-17-18-19-20-21-22-23-24-25-26-27-28-29-30-31-32-33-35-37-39-41-43-47(52)48(53)49-45(44-50)46(51)42-40-38-36-34-14-12-10-8-6-4-2/h22-23,40,42,45-47,50-52H,3-21,24-39,41,43-44H2,1-2H3,(H,49,53)/b23-22-,42-40+. The normalized spacial score (nSPS) is 13.7. The molecule has 0 bridgehead atoms. The molecule has 4 N–H and O–H groups in total. The van der Waals surface area contributed by atoms with Crippen LogP contribution >= 0.6 is 0 Å². The van der Waals surface area contributed by atoms with Crippen LogP contribution in [0, 0.1) is 0 Å². The molecule has 0 aliphatic rings. The van der Waals surface area contributed by atoms with E-state index >= 15 is 0 Å². The van der Waals surface area contributed by atoms with Crippen LogP contribution in [0.1, 0.15) is 251 Å². The molecule has 0 saturated heterocycles. The SMILES string of the molecule is CCCCCCCCCC/C=C/C(O)C(CO)NC(=O)C(O)CCCCCCCCCCCCCCC/C=C\CCCCCCCCCCCCCC. The van der Waals surface area contributed by atoms with Crippen molar-refractivity contribution in [2.24, 2.45) is 0 Å². The number of carbonyl (C=O) groups is 1. The summed E-state index contributed by atoms with van der Waals surface area (Å²) >= 11 is 0. The van der Waals surface area contributed by atoms with Crippen molar-refractivity contribution in [2.45, 2.75) is 270 Å². The molecule has 0 fully saturated rings. The summed E-state index contributed by atoms with van der Waals surface area (Å²) in [6.07, 6.45) is 53.8. The molecule has 0 aromatic heterocycles. The molecule has 3 atom stereocenters. The fourth-order valence-corrected chi connectivity index (χ4v) is 7.30. The Labute approximate surface area is 331 Å². The van der Waals surface area contributed by atoms with E-state index in [-0.39, 0.29) is 6.61 Å². The van der Waals surface area contributed by atoms with E-state index in [9.17, 15) is 20.1 Å². The number of nitrogens with one attached hydrogen (secondary N) is 1. The molecule has 0 saturated carbocycles. The number of amides is 1. The van der Waals surface area contributed by atoms with E-state index in [1.54, 1.807) is 6.08 Å². The summed E-state index contributed by atoms with van der Waals surface area (Å²) in [5, 5.41) is 33.0. The molecule has 5 heteroatoms. The Morgan fingerprint density at radius 2 is 0.755 bits per heavy atom. The first-order valence-electron chi connectivity index (χ1n) is 23.7. The summed E-state index contributed by atoms with van der Waals surface area (Å²) in [4.78, 5) is 12.4. The summed E-state index contributed by atoms with van der Waals surface area (Å²) < 4.78 is 0. The van der Waals surface area contributed by atoms with Crippen LogP contribution in [-0.2, 0) is 4.79 Å². The Kier molecular flexibility index (Phi) is 42.6. The maximum absolute atomic E-state index is 12.4. The van der Waals surface area contributed by atoms with Gasteiger partial charge in [0.25, 0.3) is 0 Å². The molecule has 0 rings (SSSR count). The quantitative estimate of drug-likeness (QED) is 0.0369. The van der Waals surface area contributed by atoms with Crippen LogP contribution in [0.2, 0.25) is 0 Å². The second kappa shape index (κ2) is 43.6. The number of hydrogen-bond donors (Lipinski definition) is 4. The lowest BCUT2D eigenvalue weighted by atomic mass is 10.0. The first-order valence-corrected chi connectivity index (χ1v) is 23.7. The Hall–Kier alpha value is -1.17. The van der Waals surface area contributed by atoms with Crippen LogP contribution in [-0.4, -0.2) is 46.1 Å². The minimum absolute atomic E-state index is 0.362. The van der Waals surface area contributed by atoms with Crippen LogP contribution in [0.25, 0.3) is 0 Å². The van der Waals surface area contributed by atoms with Gasteiger partial charge in [0.2, 0.25) is 5.91 Å². The number of rotatable bonds is 43. The van der Waals surface area contributed by atoms with Crippen molar-refractivity contribution in [3.05, 3.63) is 24.3 Å². The first-order chi connectivity index (χ1) is 26.1. The minimum Gasteiger partial charge on any atom is -0.394 e. The number of allylic oxidation sites excluding steroid dienone is 3. The van der Waals surface area contributed by atoms with Crippen LogP contribution in [0.5, 0.6) is 0 Å². The smallest absolute Gasteiger partial charge is 0.249 e. The minimum atomic E-state index is -1.09. The van der Waals surface area contributed by atoms with Crippen molar-refractivity contribution in [1.29, 1.82) is 0 Å². The highest BCUT2D eigenvalue weighted by atomic mass is 16.3. The van der Waals surface area contributed by atoms with Crippen LogP contribution in [0.15, 0.2) is 24.3 Å². The van der Waals surface area contributed by atoms with Gasteiger partial charge in [0.05, 0.1) is 18.8 Å². The maximum atomic E-state index is 12.4. The number of hydrogen-bond acceptors (Lipinski definition) is 4. The van der Waals surface area contributed by atoms with E-state index in [4.69, 9.17) is 0 Å². The van der Waals surface area contributed by atoms with Gasteiger partial charge in [-0.2, -0.15) is 0 Å². The zero-order chi connectivity index (χ0) is 38.7. The van der Waals surface area contributed by atoms with E-state index in [2.05, 4.69) is 31.3 Å². The highest BCUT2D eigenvalue weighted by Gasteiger charge is 2.22. The number of aliphatic hydroxyl groups excluding tert-OH is 3. The van der Waals surface area contributed by atoms with Crippen molar-refractivity contribution in [1.82, 2.24) is 5.32 Å². The van der Waals surface area contributed by atoms with E-state index in [1.807, 2.05) is 6.08 Å². The Balaban J connectivity index is 3.52. The molecule has 5 nitrogen and oxygen atoms in total. The zero-order valence-electron chi connectivity index (χ0n) is 35.7. The third-order valence-electron chi connectivity index (χ3n) is 11.0. The van der Waals surface area contributed by atoms with Gasteiger partial charge >= 0.3 is 0 Å². The van der Waals surface area contributed by atoms with E-state index in [1.165, 1.54) is 199 Å². The third-order valence-corrected chi connectivity index (χ3v) is 11.0. The van der Waals surface area contributed by atoms with E-state index in [0.717, 1.165) is 32.1 Å². The lowest BCUT2D eigenvalue weighted by Gasteiger charge is -2.21. The van der Waals surface area contributed by atoms with Gasteiger partial charge in [-0.15, -0.1) is 0 Å². The van der Waals surface area contributed by atoms with Crippen LogP contribution in [0.3, 0.4) is 0 Å². The Morgan fingerprint density at radius 1 is 0.453 bits per heavy atom. The van der Waals surface area contributed by atoms with Gasteiger partial charge in [0.15, 0.2) is 0 Å². The monoisotopic (exact) mass is 748 g/mol. The highest BCUT2D eigenvalue weighted by Crippen LogP contribution is 2.16. The molecule has 0 aliphatic carbocycles. The number of carbonyl (C=O) groups excluding carboxylic acids is 1. The van der Waals surface area contributed by atoms with Crippen molar-refractivity contribution < 1.29 is 20.1 Å². The highest BCUT2D eigenvalue weighted by molar-refractivity contribution is 5.80. The first kappa shape index (κ1) is 51.8. The van der Waals surface area contributed by atoms with E-state index in [0.29, 0.717) is 6.42 Å². The van der Waals surface area contributed by atoms with Crippen LogP contribution in [0.4, 0.5) is 0 Å². The summed E-state index contributed by atoms with van der Waals surface area (Å²) in [6.45, 7) is 4.17. The van der Waals surface area contributed by atoms with Crippen molar-refractivity contribution in [3.8, 4) is 0 Å². The molecule has 0 aromatic carbocycles.